The Morgan fingerprint density at radius 1 is 1.32 bits per heavy atom. The fraction of sp³-hybridized carbons (Fsp3) is 0.769. The number of carbonyl (C=O) groups excluding carboxylic acids is 1. The van der Waals surface area contributed by atoms with E-state index in [0.29, 0.717) is 17.1 Å². The van der Waals surface area contributed by atoms with Crippen molar-refractivity contribution in [3.05, 3.63) is 5.89 Å². The lowest BCUT2D eigenvalue weighted by Gasteiger charge is -2.29. The molecule has 0 bridgehead atoms. The molecule has 1 aromatic heterocycles. The van der Waals surface area contributed by atoms with Gasteiger partial charge in [-0.3, -0.25) is 0 Å². The van der Waals surface area contributed by atoms with Crippen molar-refractivity contribution in [2.75, 3.05) is 6.61 Å². The summed E-state index contributed by atoms with van der Waals surface area (Å²) in [6.07, 6.45) is 3.60. The van der Waals surface area contributed by atoms with Crippen molar-refractivity contribution in [1.82, 2.24) is 10.2 Å². The summed E-state index contributed by atoms with van der Waals surface area (Å²) >= 11 is 1.58. The third-order valence-corrected chi connectivity index (χ3v) is 4.34. The van der Waals surface area contributed by atoms with Gasteiger partial charge in [0.1, 0.15) is 0 Å². The first-order valence-electron chi connectivity index (χ1n) is 6.75. The van der Waals surface area contributed by atoms with E-state index < -0.39 is 5.97 Å². The van der Waals surface area contributed by atoms with Crippen molar-refractivity contribution in [1.29, 1.82) is 0 Å². The molecule has 1 fully saturated rings. The lowest BCUT2D eigenvalue weighted by atomic mass is 9.83. The maximum absolute atomic E-state index is 11.4. The quantitative estimate of drug-likeness (QED) is 0.791. The lowest BCUT2D eigenvalue weighted by molar-refractivity contribution is 0.0475. The van der Waals surface area contributed by atoms with Crippen LogP contribution in [0, 0.1) is 11.8 Å². The molecule has 1 aliphatic carbocycles. The second-order valence-corrected chi connectivity index (χ2v) is 6.50. The van der Waals surface area contributed by atoms with Gasteiger partial charge in [-0.2, -0.15) is 0 Å². The van der Waals surface area contributed by atoms with Crippen LogP contribution >= 0.6 is 11.8 Å². The van der Waals surface area contributed by atoms with Crippen molar-refractivity contribution in [3.8, 4) is 0 Å². The van der Waals surface area contributed by atoms with Crippen LogP contribution in [0.15, 0.2) is 9.64 Å². The number of aromatic nitrogens is 2. The first kappa shape index (κ1) is 14.4. The molecule has 2 atom stereocenters. The van der Waals surface area contributed by atoms with Crippen molar-refractivity contribution in [2.45, 2.75) is 50.5 Å². The van der Waals surface area contributed by atoms with E-state index in [0.717, 1.165) is 24.7 Å². The van der Waals surface area contributed by atoms with Crippen LogP contribution in [0.5, 0.6) is 0 Å². The van der Waals surface area contributed by atoms with Gasteiger partial charge in [-0.15, -0.1) is 5.10 Å². The van der Waals surface area contributed by atoms with E-state index in [1.807, 2.05) is 0 Å². The van der Waals surface area contributed by atoms with Crippen LogP contribution in [0.2, 0.25) is 0 Å². The van der Waals surface area contributed by atoms with E-state index in [1.165, 1.54) is 6.42 Å². The van der Waals surface area contributed by atoms with Crippen LogP contribution in [0.1, 0.15) is 50.7 Å². The van der Waals surface area contributed by atoms with Crippen LogP contribution in [-0.4, -0.2) is 28.0 Å². The number of hydrogen-bond acceptors (Lipinski definition) is 6. The van der Waals surface area contributed by atoms with E-state index in [4.69, 9.17) is 9.15 Å². The fourth-order valence-electron chi connectivity index (χ4n) is 2.64. The van der Waals surface area contributed by atoms with Crippen molar-refractivity contribution < 1.29 is 13.9 Å². The molecule has 6 heteroatoms. The molecule has 0 saturated heterocycles. The van der Waals surface area contributed by atoms with Gasteiger partial charge in [0.05, 0.1) is 6.61 Å². The molecular formula is C13H20N2O3S. The minimum absolute atomic E-state index is 0.0544. The van der Waals surface area contributed by atoms with Crippen LogP contribution in [0.4, 0.5) is 0 Å². The molecule has 5 nitrogen and oxygen atoms in total. The van der Waals surface area contributed by atoms with E-state index in [-0.39, 0.29) is 5.89 Å². The number of esters is 1. The maximum atomic E-state index is 11.4. The largest absolute Gasteiger partial charge is 0.459 e. The fourth-order valence-corrected chi connectivity index (χ4v) is 3.99. The average molecular weight is 284 g/mol. The molecule has 1 saturated carbocycles. The lowest BCUT2D eigenvalue weighted by Crippen LogP contribution is -2.21. The zero-order chi connectivity index (χ0) is 13.8. The van der Waals surface area contributed by atoms with Crippen LogP contribution in [0.3, 0.4) is 0 Å². The Morgan fingerprint density at radius 2 is 2.00 bits per heavy atom. The highest BCUT2D eigenvalue weighted by atomic mass is 32.2. The minimum Gasteiger partial charge on any atom is -0.459 e. The number of hydrogen-bond donors (Lipinski definition) is 0. The van der Waals surface area contributed by atoms with E-state index in [1.54, 1.807) is 18.7 Å². The normalized spacial score (nSPS) is 27.2. The van der Waals surface area contributed by atoms with Gasteiger partial charge in [0, 0.05) is 5.25 Å². The number of carbonyl (C=O) groups is 1. The Kier molecular flexibility index (Phi) is 4.85. The van der Waals surface area contributed by atoms with Gasteiger partial charge in [-0.05, 0) is 38.0 Å². The summed E-state index contributed by atoms with van der Waals surface area (Å²) in [6.45, 7) is 6.61. The summed E-state index contributed by atoms with van der Waals surface area (Å²) in [5, 5.41) is 8.60. The van der Waals surface area contributed by atoms with Crippen LogP contribution in [-0.2, 0) is 4.74 Å². The predicted octanol–water partition coefficient (Wildman–Crippen LogP) is 3.16. The number of thioether (sulfide) groups is 1. The average Bonchev–Trinajstić information content (AvgIpc) is 2.76. The van der Waals surface area contributed by atoms with Crippen molar-refractivity contribution >= 4 is 17.7 Å². The van der Waals surface area contributed by atoms with Crippen LogP contribution in [0.25, 0.3) is 0 Å². The molecule has 0 aromatic carbocycles. The molecule has 1 aliphatic rings. The van der Waals surface area contributed by atoms with Gasteiger partial charge < -0.3 is 9.15 Å². The second-order valence-electron chi connectivity index (χ2n) is 5.25. The number of rotatable bonds is 4. The first-order chi connectivity index (χ1) is 9.08. The summed E-state index contributed by atoms with van der Waals surface area (Å²) in [5.41, 5.74) is 0. The highest BCUT2D eigenvalue weighted by Gasteiger charge is 2.27. The van der Waals surface area contributed by atoms with Gasteiger partial charge in [-0.25, -0.2) is 4.79 Å². The molecule has 0 amide bonds. The summed E-state index contributed by atoms with van der Waals surface area (Å²) in [7, 11) is 0. The van der Waals surface area contributed by atoms with Gasteiger partial charge in [0.2, 0.25) is 0 Å². The smallest absolute Gasteiger partial charge is 0.396 e. The zero-order valence-electron chi connectivity index (χ0n) is 11.6. The number of ether oxygens (including phenoxy) is 1. The summed E-state index contributed by atoms with van der Waals surface area (Å²) in [4.78, 5) is 11.4. The Labute approximate surface area is 117 Å². The Hall–Kier alpha value is -1.04. The molecule has 1 aromatic rings. The third kappa shape index (κ3) is 3.96. The predicted molar refractivity (Wildman–Crippen MR) is 72.1 cm³/mol. The Morgan fingerprint density at radius 3 is 2.63 bits per heavy atom. The second kappa shape index (κ2) is 6.41. The van der Waals surface area contributed by atoms with E-state index in [2.05, 4.69) is 24.0 Å². The van der Waals surface area contributed by atoms with Gasteiger partial charge in [0.15, 0.2) is 0 Å². The maximum Gasteiger partial charge on any atom is 0.396 e. The molecule has 0 N–H and O–H groups in total. The van der Waals surface area contributed by atoms with Crippen molar-refractivity contribution in [2.24, 2.45) is 11.8 Å². The highest BCUT2D eigenvalue weighted by molar-refractivity contribution is 7.99. The van der Waals surface area contributed by atoms with E-state index >= 15 is 0 Å². The highest BCUT2D eigenvalue weighted by Crippen LogP contribution is 2.38. The SMILES string of the molecule is CCOC(=O)c1nnc(SC2CC(C)CC(C)C2)o1. The van der Waals surface area contributed by atoms with E-state index in [9.17, 15) is 4.79 Å². The Balaban J connectivity index is 1.94. The molecular weight excluding hydrogens is 264 g/mol. The third-order valence-electron chi connectivity index (χ3n) is 3.26. The molecule has 0 spiro atoms. The topological polar surface area (TPSA) is 65.2 Å². The molecule has 2 rings (SSSR count). The minimum atomic E-state index is -0.549. The standard InChI is InChI=1S/C13H20N2O3S/c1-4-17-12(16)11-14-15-13(18-11)19-10-6-8(2)5-9(3)7-10/h8-10H,4-7H2,1-3H3. The molecule has 106 valence electrons. The van der Waals surface area contributed by atoms with Gasteiger partial charge in [-0.1, -0.05) is 30.7 Å². The first-order valence-corrected chi connectivity index (χ1v) is 7.63. The summed E-state index contributed by atoms with van der Waals surface area (Å²) < 4.78 is 10.2. The molecule has 2 unspecified atom stereocenters. The Bertz CT molecular complexity index is 425. The van der Waals surface area contributed by atoms with Gasteiger partial charge >= 0.3 is 11.9 Å². The van der Waals surface area contributed by atoms with Crippen LogP contribution < -0.4 is 0 Å². The van der Waals surface area contributed by atoms with Gasteiger partial charge in [0.25, 0.3) is 5.22 Å². The molecule has 0 radical (unpaired) electrons. The summed E-state index contributed by atoms with van der Waals surface area (Å²) in [5.74, 6) is 0.857. The molecule has 1 heterocycles. The monoisotopic (exact) mass is 284 g/mol. The zero-order valence-corrected chi connectivity index (χ0v) is 12.4. The van der Waals surface area contributed by atoms with Crippen molar-refractivity contribution in [3.63, 3.8) is 0 Å². The summed E-state index contributed by atoms with van der Waals surface area (Å²) in [6, 6.07) is 0. The number of nitrogens with zero attached hydrogens (tertiary/aromatic N) is 2. The molecule has 19 heavy (non-hydrogen) atoms. The molecule has 0 aliphatic heterocycles.